The van der Waals surface area contributed by atoms with E-state index in [4.69, 9.17) is 16.0 Å². The fourth-order valence-electron chi connectivity index (χ4n) is 2.23. The van der Waals surface area contributed by atoms with E-state index >= 15 is 0 Å². The summed E-state index contributed by atoms with van der Waals surface area (Å²) in [7, 11) is 0. The van der Waals surface area contributed by atoms with Gasteiger partial charge in [-0.2, -0.15) is 0 Å². The maximum absolute atomic E-state index is 12.1. The van der Waals surface area contributed by atoms with E-state index in [2.05, 4.69) is 10.6 Å². The lowest BCUT2D eigenvalue weighted by Crippen LogP contribution is -2.34. The van der Waals surface area contributed by atoms with E-state index in [9.17, 15) is 9.59 Å². The summed E-state index contributed by atoms with van der Waals surface area (Å²) >= 11 is 6.11. The van der Waals surface area contributed by atoms with E-state index in [-0.39, 0.29) is 5.76 Å². The Bertz CT molecular complexity index is 916. The standard InChI is InChI=1S/C19H15ClN2O3/c1-12-6-8-13(9-7-12)21-19(24)22-18(23)17-11-10-16(25-17)14-4-2-3-5-15(14)20/h2-11H,1H3,(H2,21,22,23,24). The zero-order valence-corrected chi connectivity index (χ0v) is 14.1. The predicted molar refractivity (Wildman–Crippen MR) is 96.8 cm³/mol. The van der Waals surface area contributed by atoms with Gasteiger partial charge in [0.25, 0.3) is 5.91 Å². The molecule has 0 unspecified atom stereocenters. The molecule has 5 nitrogen and oxygen atoms in total. The van der Waals surface area contributed by atoms with Crippen LogP contribution >= 0.6 is 11.6 Å². The molecule has 0 aliphatic heterocycles. The van der Waals surface area contributed by atoms with Gasteiger partial charge in [0, 0.05) is 11.3 Å². The minimum absolute atomic E-state index is 0.0222. The number of halogens is 1. The SMILES string of the molecule is Cc1ccc(NC(=O)NC(=O)c2ccc(-c3ccccc3Cl)o2)cc1. The summed E-state index contributed by atoms with van der Waals surface area (Å²) in [5.74, 6) is -0.161. The number of amides is 3. The lowest BCUT2D eigenvalue weighted by Gasteiger charge is -2.06. The molecule has 0 bridgehead atoms. The summed E-state index contributed by atoms with van der Waals surface area (Å²) in [6.45, 7) is 1.95. The number of hydrogen-bond donors (Lipinski definition) is 2. The highest BCUT2D eigenvalue weighted by Crippen LogP contribution is 2.28. The van der Waals surface area contributed by atoms with Crippen molar-refractivity contribution in [2.24, 2.45) is 0 Å². The summed E-state index contributed by atoms with van der Waals surface area (Å²) in [4.78, 5) is 24.0. The van der Waals surface area contributed by atoms with Gasteiger partial charge in [-0.15, -0.1) is 0 Å². The normalized spacial score (nSPS) is 10.3. The minimum Gasteiger partial charge on any atom is -0.451 e. The summed E-state index contributed by atoms with van der Waals surface area (Å²) in [5, 5.41) is 5.32. The second-order valence-electron chi connectivity index (χ2n) is 5.42. The molecule has 0 aliphatic carbocycles. The molecule has 3 rings (SSSR count). The molecule has 1 aromatic heterocycles. The lowest BCUT2D eigenvalue weighted by molar-refractivity contribution is 0.0940. The van der Waals surface area contributed by atoms with Crippen LogP contribution in [0.3, 0.4) is 0 Å². The fourth-order valence-corrected chi connectivity index (χ4v) is 2.46. The van der Waals surface area contributed by atoms with Gasteiger partial charge in [-0.3, -0.25) is 10.1 Å². The lowest BCUT2D eigenvalue weighted by atomic mass is 10.2. The molecule has 1 heterocycles. The Morgan fingerprint density at radius 3 is 2.40 bits per heavy atom. The number of carbonyl (C=O) groups is 2. The Kier molecular flexibility index (Phi) is 4.86. The molecule has 3 aromatic rings. The van der Waals surface area contributed by atoms with Crippen LogP contribution in [0.25, 0.3) is 11.3 Å². The van der Waals surface area contributed by atoms with E-state index in [1.165, 1.54) is 6.07 Å². The third-order valence-electron chi connectivity index (χ3n) is 3.51. The predicted octanol–water partition coefficient (Wildman–Crippen LogP) is 4.87. The van der Waals surface area contributed by atoms with Crippen molar-refractivity contribution in [3.05, 3.63) is 77.0 Å². The summed E-state index contributed by atoms with van der Waals surface area (Å²) in [5.41, 5.74) is 2.34. The van der Waals surface area contributed by atoms with Crippen LogP contribution in [0.4, 0.5) is 10.5 Å². The van der Waals surface area contributed by atoms with Gasteiger partial charge in [0.15, 0.2) is 5.76 Å². The van der Waals surface area contributed by atoms with Crippen molar-refractivity contribution in [2.45, 2.75) is 6.92 Å². The Morgan fingerprint density at radius 2 is 1.68 bits per heavy atom. The third-order valence-corrected chi connectivity index (χ3v) is 3.84. The number of rotatable bonds is 3. The van der Waals surface area contributed by atoms with E-state index in [0.29, 0.717) is 22.0 Å². The van der Waals surface area contributed by atoms with Crippen LogP contribution in [0, 0.1) is 6.92 Å². The quantitative estimate of drug-likeness (QED) is 0.704. The zero-order chi connectivity index (χ0) is 17.8. The van der Waals surface area contributed by atoms with Gasteiger partial charge in [0.05, 0.1) is 5.02 Å². The number of nitrogens with one attached hydrogen (secondary N) is 2. The number of carbonyl (C=O) groups excluding carboxylic acids is 2. The maximum Gasteiger partial charge on any atom is 0.326 e. The second-order valence-corrected chi connectivity index (χ2v) is 5.83. The molecule has 0 atom stereocenters. The van der Waals surface area contributed by atoms with Gasteiger partial charge >= 0.3 is 6.03 Å². The van der Waals surface area contributed by atoms with Crippen molar-refractivity contribution < 1.29 is 14.0 Å². The fraction of sp³-hybridized carbons (Fsp3) is 0.0526. The van der Waals surface area contributed by atoms with E-state index in [1.807, 2.05) is 25.1 Å². The molecular weight excluding hydrogens is 340 g/mol. The van der Waals surface area contributed by atoms with Crippen LogP contribution in [0.15, 0.2) is 65.1 Å². The van der Waals surface area contributed by atoms with Gasteiger partial charge in [-0.1, -0.05) is 41.4 Å². The van der Waals surface area contributed by atoms with Gasteiger partial charge in [0.1, 0.15) is 5.76 Å². The highest BCUT2D eigenvalue weighted by atomic mass is 35.5. The van der Waals surface area contributed by atoms with Crippen LogP contribution in [0.5, 0.6) is 0 Å². The van der Waals surface area contributed by atoms with Crippen molar-refractivity contribution in [2.75, 3.05) is 5.32 Å². The van der Waals surface area contributed by atoms with Crippen LogP contribution in [-0.2, 0) is 0 Å². The maximum atomic E-state index is 12.1. The van der Waals surface area contributed by atoms with Crippen LogP contribution in [0.1, 0.15) is 16.1 Å². The Hall–Kier alpha value is -3.05. The second kappa shape index (κ2) is 7.23. The molecule has 0 radical (unpaired) electrons. The average molecular weight is 355 g/mol. The molecule has 0 fully saturated rings. The molecule has 2 N–H and O–H groups in total. The van der Waals surface area contributed by atoms with Gasteiger partial charge in [-0.05, 0) is 43.3 Å². The number of aryl methyl sites for hydroxylation is 1. The van der Waals surface area contributed by atoms with Crippen LogP contribution < -0.4 is 10.6 Å². The molecular formula is C19H15ClN2O3. The molecule has 0 saturated carbocycles. The Balaban J connectivity index is 1.66. The van der Waals surface area contributed by atoms with E-state index < -0.39 is 11.9 Å². The minimum atomic E-state index is -0.636. The van der Waals surface area contributed by atoms with Crippen molar-refractivity contribution in [1.82, 2.24) is 5.32 Å². The molecule has 25 heavy (non-hydrogen) atoms. The first-order chi connectivity index (χ1) is 12.0. The number of urea groups is 1. The number of furan rings is 1. The van der Waals surface area contributed by atoms with E-state index in [0.717, 1.165) is 5.56 Å². The number of benzene rings is 2. The Labute approximate surface area is 149 Å². The average Bonchev–Trinajstić information content (AvgIpc) is 3.07. The third kappa shape index (κ3) is 4.08. The van der Waals surface area contributed by atoms with Crippen LogP contribution in [0.2, 0.25) is 5.02 Å². The van der Waals surface area contributed by atoms with Crippen LogP contribution in [-0.4, -0.2) is 11.9 Å². The zero-order valence-electron chi connectivity index (χ0n) is 13.4. The number of hydrogen-bond acceptors (Lipinski definition) is 3. The molecule has 2 aromatic carbocycles. The van der Waals surface area contributed by atoms with Crippen molar-refractivity contribution in [3.63, 3.8) is 0 Å². The van der Waals surface area contributed by atoms with Gasteiger partial charge in [0.2, 0.25) is 0 Å². The first kappa shape index (κ1) is 16.8. The summed E-state index contributed by atoms with van der Waals surface area (Å²) in [6.07, 6.45) is 0. The highest BCUT2D eigenvalue weighted by molar-refractivity contribution is 6.33. The van der Waals surface area contributed by atoms with Gasteiger partial charge < -0.3 is 9.73 Å². The highest BCUT2D eigenvalue weighted by Gasteiger charge is 2.16. The van der Waals surface area contributed by atoms with Crippen molar-refractivity contribution in [3.8, 4) is 11.3 Å². The molecule has 0 saturated heterocycles. The summed E-state index contributed by atoms with van der Waals surface area (Å²) in [6, 6.07) is 16.9. The first-order valence-electron chi connectivity index (χ1n) is 7.56. The largest absolute Gasteiger partial charge is 0.451 e. The van der Waals surface area contributed by atoms with E-state index in [1.54, 1.807) is 36.4 Å². The molecule has 3 amide bonds. The van der Waals surface area contributed by atoms with Gasteiger partial charge in [-0.25, -0.2) is 4.79 Å². The summed E-state index contributed by atoms with van der Waals surface area (Å²) < 4.78 is 5.50. The van der Waals surface area contributed by atoms with Crippen molar-refractivity contribution >= 4 is 29.2 Å². The monoisotopic (exact) mass is 354 g/mol. The molecule has 0 spiro atoms. The smallest absolute Gasteiger partial charge is 0.326 e. The molecule has 6 heteroatoms. The Morgan fingerprint density at radius 1 is 0.960 bits per heavy atom. The molecule has 126 valence electrons. The topological polar surface area (TPSA) is 71.3 Å². The molecule has 0 aliphatic rings. The van der Waals surface area contributed by atoms with Crippen molar-refractivity contribution in [1.29, 1.82) is 0 Å². The number of anilines is 1. The first-order valence-corrected chi connectivity index (χ1v) is 7.94. The number of imide groups is 1.